The molecule has 2 nitrogen and oxygen atoms in total. The molecule has 0 bridgehead atoms. The number of hydrogen-bond acceptors (Lipinski definition) is 2. The number of hydrogen-bond donors (Lipinski definition) is 1. The van der Waals surface area contributed by atoms with Crippen LogP contribution in [0.1, 0.15) is 11.3 Å². The summed E-state index contributed by atoms with van der Waals surface area (Å²) in [6.45, 7) is 3.94. The summed E-state index contributed by atoms with van der Waals surface area (Å²) in [6, 6.07) is 0. The molecule has 0 fully saturated rings. The molecule has 0 saturated carbocycles. The van der Waals surface area contributed by atoms with E-state index in [0.717, 1.165) is 12.0 Å². The topological polar surface area (TPSA) is 39.2 Å². The molecular weight excluding hydrogens is 162 g/mol. The highest BCUT2D eigenvalue weighted by atomic mass is 35.5. The molecule has 3 heteroatoms. The lowest BCUT2D eigenvalue weighted by atomic mass is 10.2. The Morgan fingerprint density at radius 3 is 2.91 bits per heavy atom. The molecule has 1 heterocycles. The minimum atomic E-state index is 0.343. The zero-order chi connectivity index (χ0) is 8.27. The average Bonchev–Trinajstić information content (AvgIpc) is 2.34. The smallest absolute Gasteiger partial charge is 0.136 e. The highest BCUT2D eigenvalue weighted by molar-refractivity contribution is 6.32. The van der Waals surface area contributed by atoms with Gasteiger partial charge in [0.15, 0.2) is 0 Å². The molecule has 0 saturated heterocycles. The van der Waals surface area contributed by atoms with E-state index in [4.69, 9.17) is 21.8 Å². The summed E-state index contributed by atoms with van der Waals surface area (Å²) in [5.41, 5.74) is 6.30. The standard InChI is InChI=1S/C8H10ClNO/c1-2-3-6-5-11-7(4-10)8(6)9/h2,5H,1,3-4,10H2. The lowest BCUT2D eigenvalue weighted by Crippen LogP contribution is -1.94. The van der Waals surface area contributed by atoms with Crippen molar-refractivity contribution in [1.82, 2.24) is 0 Å². The molecule has 0 aromatic carbocycles. The SMILES string of the molecule is C=CCc1coc(CN)c1Cl. The van der Waals surface area contributed by atoms with Crippen LogP contribution in [0.15, 0.2) is 23.3 Å². The molecule has 0 aliphatic heterocycles. The first-order valence-corrected chi connectivity index (χ1v) is 3.73. The number of furan rings is 1. The third kappa shape index (κ3) is 1.64. The monoisotopic (exact) mass is 171 g/mol. The number of allylic oxidation sites excluding steroid dienone is 1. The summed E-state index contributed by atoms with van der Waals surface area (Å²) in [7, 11) is 0. The fraction of sp³-hybridized carbons (Fsp3) is 0.250. The highest BCUT2D eigenvalue weighted by Crippen LogP contribution is 2.23. The van der Waals surface area contributed by atoms with Crippen molar-refractivity contribution in [2.24, 2.45) is 5.73 Å². The van der Waals surface area contributed by atoms with Gasteiger partial charge in [-0.15, -0.1) is 6.58 Å². The van der Waals surface area contributed by atoms with E-state index in [2.05, 4.69) is 6.58 Å². The normalized spacial score (nSPS) is 10.0. The van der Waals surface area contributed by atoms with Crippen molar-refractivity contribution >= 4 is 11.6 Å². The summed E-state index contributed by atoms with van der Waals surface area (Å²) >= 11 is 5.88. The predicted octanol–water partition coefficient (Wildman–Crippen LogP) is 2.12. The third-order valence-corrected chi connectivity index (χ3v) is 1.87. The van der Waals surface area contributed by atoms with E-state index in [0.29, 0.717) is 17.3 Å². The summed E-state index contributed by atoms with van der Waals surface area (Å²) in [5, 5.41) is 0.632. The minimum absolute atomic E-state index is 0.343. The Morgan fingerprint density at radius 1 is 1.73 bits per heavy atom. The lowest BCUT2D eigenvalue weighted by molar-refractivity contribution is 0.511. The van der Waals surface area contributed by atoms with Gasteiger partial charge in [-0.1, -0.05) is 17.7 Å². The molecule has 11 heavy (non-hydrogen) atoms. The molecule has 0 atom stereocenters. The summed E-state index contributed by atoms with van der Waals surface area (Å²) in [6.07, 6.45) is 4.12. The molecule has 2 N–H and O–H groups in total. The number of halogens is 1. The Kier molecular flexibility index (Phi) is 2.74. The second kappa shape index (κ2) is 3.60. The quantitative estimate of drug-likeness (QED) is 0.708. The van der Waals surface area contributed by atoms with Gasteiger partial charge in [0, 0.05) is 5.56 Å². The van der Waals surface area contributed by atoms with Gasteiger partial charge in [-0.2, -0.15) is 0 Å². The molecule has 0 spiro atoms. The molecule has 60 valence electrons. The summed E-state index contributed by atoms with van der Waals surface area (Å²) in [4.78, 5) is 0. The molecular formula is C8H10ClNO. The van der Waals surface area contributed by atoms with Gasteiger partial charge in [-0.05, 0) is 6.42 Å². The van der Waals surface area contributed by atoms with Crippen LogP contribution in [0.4, 0.5) is 0 Å². The summed E-state index contributed by atoms with van der Waals surface area (Å²) in [5.74, 6) is 0.642. The second-order valence-electron chi connectivity index (χ2n) is 2.20. The Balaban J connectivity index is 2.90. The first kappa shape index (κ1) is 8.37. The van der Waals surface area contributed by atoms with E-state index in [1.165, 1.54) is 0 Å². The maximum absolute atomic E-state index is 5.88. The van der Waals surface area contributed by atoms with Crippen molar-refractivity contribution in [1.29, 1.82) is 0 Å². The van der Waals surface area contributed by atoms with E-state index >= 15 is 0 Å². The first-order valence-electron chi connectivity index (χ1n) is 3.35. The van der Waals surface area contributed by atoms with E-state index in [1.807, 2.05) is 0 Å². The highest BCUT2D eigenvalue weighted by Gasteiger charge is 2.07. The van der Waals surface area contributed by atoms with Gasteiger partial charge in [-0.25, -0.2) is 0 Å². The van der Waals surface area contributed by atoms with Crippen LogP contribution in [-0.4, -0.2) is 0 Å². The zero-order valence-electron chi connectivity index (χ0n) is 6.14. The third-order valence-electron chi connectivity index (χ3n) is 1.42. The Labute approximate surface area is 70.6 Å². The maximum Gasteiger partial charge on any atom is 0.136 e. The molecule has 0 amide bonds. The predicted molar refractivity (Wildman–Crippen MR) is 45.5 cm³/mol. The van der Waals surface area contributed by atoms with Crippen molar-refractivity contribution in [2.75, 3.05) is 0 Å². The summed E-state index contributed by atoms with van der Waals surface area (Å²) < 4.78 is 5.09. The molecule has 0 radical (unpaired) electrons. The molecule has 1 aromatic rings. The molecule has 0 aliphatic carbocycles. The lowest BCUT2D eigenvalue weighted by Gasteiger charge is -1.90. The van der Waals surface area contributed by atoms with Crippen LogP contribution in [0.2, 0.25) is 5.02 Å². The van der Waals surface area contributed by atoms with E-state index < -0.39 is 0 Å². The van der Waals surface area contributed by atoms with Gasteiger partial charge in [-0.3, -0.25) is 0 Å². The van der Waals surface area contributed by atoms with Gasteiger partial charge < -0.3 is 10.2 Å². The van der Waals surface area contributed by atoms with Crippen LogP contribution in [0.25, 0.3) is 0 Å². The van der Waals surface area contributed by atoms with Gasteiger partial charge in [0.2, 0.25) is 0 Å². The molecule has 0 aliphatic rings. The Hall–Kier alpha value is -0.730. The van der Waals surface area contributed by atoms with Crippen LogP contribution < -0.4 is 5.73 Å². The van der Waals surface area contributed by atoms with Gasteiger partial charge >= 0.3 is 0 Å². The minimum Gasteiger partial charge on any atom is -0.466 e. The van der Waals surface area contributed by atoms with Crippen LogP contribution in [0.3, 0.4) is 0 Å². The van der Waals surface area contributed by atoms with E-state index in [9.17, 15) is 0 Å². The fourth-order valence-corrected chi connectivity index (χ4v) is 1.10. The van der Waals surface area contributed by atoms with E-state index in [1.54, 1.807) is 12.3 Å². The van der Waals surface area contributed by atoms with Gasteiger partial charge in [0.1, 0.15) is 5.76 Å². The van der Waals surface area contributed by atoms with Crippen LogP contribution >= 0.6 is 11.6 Å². The van der Waals surface area contributed by atoms with Crippen LogP contribution in [0, 0.1) is 0 Å². The molecule has 0 unspecified atom stereocenters. The van der Waals surface area contributed by atoms with Crippen molar-refractivity contribution in [3.8, 4) is 0 Å². The number of rotatable bonds is 3. The van der Waals surface area contributed by atoms with Gasteiger partial charge in [0.25, 0.3) is 0 Å². The maximum atomic E-state index is 5.88. The average molecular weight is 172 g/mol. The van der Waals surface area contributed by atoms with Gasteiger partial charge in [0.05, 0.1) is 17.8 Å². The fourth-order valence-electron chi connectivity index (χ4n) is 0.856. The Bertz CT molecular complexity index is 255. The van der Waals surface area contributed by atoms with Crippen LogP contribution in [0.5, 0.6) is 0 Å². The number of nitrogens with two attached hydrogens (primary N) is 1. The van der Waals surface area contributed by atoms with E-state index in [-0.39, 0.29) is 0 Å². The van der Waals surface area contributed by atoms with Crippen molar-refractivity contribution in [3.63, 3.8) is 0 Å². The van der Waals surface area contributed by atoms with Crippen molar-refractivity contribution in [2.45, 2.75) is 13.0 Å². The zero-order valence-corrected chi connectivity index (χ0v) is 6.90. The van der Waals surface area contributed by atoms with Crippen molar-refractivity contribution in [3.05, 3.63) is 35.3 Å². The van der Waals surface area contributed by atoms with Crippen molar-refractivity contribution < 1.29 is 4.42 Å². The second-order valence-corrected chi connectivity index (χ2v) is 2.57. The Morgan fingerprint density at radius 2 is 2.45 bits per heavy atom. The molecule has 1 aromatic heterocycles. The first-order chi connectivity index (χ1) is 5.29. The van der Waals surface area contributed by atoms with Crippen LogP contribution in [-0.2, 0) is 13.0 Å². The molecule has 1 rings (SSSR count). The largest absolute Gasteiger partial charge is 0.466 e.